The Balaban J connectivity index is 1.27. The van der Waals surface area contributed by atoms with Gasteiger partial charge in [-0.25, -0.2) is 4.98 Å². The number of aldehydes is 1. The van der Waals surface area contributed by atoms with Gasteiger partial charge in [0.05, 0.1) is 12.1 Å². The number of likely N-dealkylation sites (tertiary alicyclic amines) is 1. The number of amides is 2. The molecule has 2 N–H and O–H groups in total. The van der Waals surface area contributed by atoms with Gasteiger partial charge in [0.1, 0.15) is 24.1 Å². The Morgan fingerprint density at radius 3 is 2.48 bits per heavy atom. The lowest BCUT2D eigenvalue weighted by molar-refractivity contribution is -0.141. The quantitative estimate of drug-likeness (QED) is 0.371. The van der Waals surface area contributed by atoms with E-state index < -0.39 is 18.1 Å². The second-order valence-corrected chi connectivity index (χ2v) is 11.8. The normalized spacial score (nSPS) is 21.0. The molecule has 3 aromatic rings. The summed E-state index contributed by atoms with van der Waals surface area (Å²) in [6, 6.07) is 8.58. The van der Waals surface area contributed by atoms with E-state index in [2.05, 4.69) is 20.4 Å². The number of hydrogen-bond donors (Lipinski definition) is 2. The van der Waals surface area contributed by atoms with Gasteiger partial charge in [-0.15, -0.1) is 0 Å². The SMILES string of the molecule is Cc1nccn1-c1ccc([C@H](C)NC(=O)[C@@H]2C[C@@H](O)CN2C(=O)C(c2cc(N3CCC(C=O)CC3)no2)C(C)C)cc1. The number of anilines is 1. The fourth-order valence-electron chi connectivity index (χ4n) is 6.03. The first kappa shape index (κ1) is 29.5. The van der Waals surface area contributed by atoms with Crippen LogP contribution in [0.15, 0.2) is 47.2 Å². The number of aromatic nitrogens is 3. The summed E-state index contributed by atoms with van der Waals surface area (Å²) in [5, 5.41) is 17.8. The molecule has 2 aromatic heterocycles. The molecule has 2 aliphatic heterocycles. The maximum Gasteiger partial charge on any atom is 0.243 e. The molecule has 2 amide bonds. The second kappa shape index (κ2) is 12.5. The van der Waals surface area contributed by atoms with E-state index >= 15 is 0 Å². The Labute approximate surface area is 245 Å². The van der Waals surface area contributed by atoms with E-state index in [-0.39, 0.29) is 42.7 Å². The molecule has 11 nitrogen and oxygen atoms in total. The van der Waals surface area contributed by atoms with Crippen LogP contribution in [0, 0.1) is 18.8 Å². The summed E-state index contributed by atoms with van der Waals surface area (Å²) in [4.78, 5) is 46.4. The van der Waals surface area contributed by atoms with Crippen molar-refractivity contribution in [3.05, 3.63) is 59.9 Å². The van der Waals surface area contributed by atoms with Gasteiger partial charge in [0.2, 0.25) is 11.8 Å². The molecule has 2 saturated heterocycles. The molecule has 1 unspecified atom stereocenters. The molecule has 0 saturated carbocycles. The lowest BCUT2D eigenvalue weighted by atomic mass is 9.91. The first-order valence-corrected chi connectivity index (χ1v) is 14.7. The lowest BCUT2D eigenvalue weighted by Crippen LogP contribution is -2.48. The smallest absolute Gasteiger partial charge is 0.243 e. The van der Waals surface area contributed by atoms with Crippen LogP contribution in [0.1, 0.15) is 69.1 Å². The first-order valence-electron chi connectivity index (χ1n) is 14.7. The van der Waals surface area contributed by atoms with Gasteiger partial charge in [0.25, 0.3) is 0 Å². The zero-order valence-corrected chi connectivity index (χ0v) is 24.6. The number of imidazole rings is 1. The van der Waals surface area contributed by atoms with E-state index in [0.29, 0.717) is 24.7 Å². The van der Waals surface area contributed by atoms with Gasteiger partial charge in [-0.3, -0.25) is 9.59 Å². The molecule has 2 aliphatic rings. The van der Waals surface area contributed by atoms with Crippen LogP contribution in [-0.4, -0.2) is 74.6 Å². The monoisotopic (exact) mass is 576 g/mol. The number of piperidine rings is 1. The maximum absolute atomic E-state index is 13.9. The number of aliphatic hydroxyl groups excluding tert-OH is 1. The number of nitrogens with one attached hydrogen (secondary N) is 1. The number of rotatable bonds is 9. The van der Waals surface area contributed by atoms with E-state index in [1.165, 1.54) is 4.90 Å². The predicted octanol–water partition coefficient (Wildman–Crippen LogP) is 3.16. The highest BCUT2D eigenvalue weighted by atomic mass is 16.5. The van der Waals surface area contributed by atoms with Crippen molar-refractivity contribution >= 4 is 23.9 Å². The molecule has 4 heterocycles. The number of aryl methyl sites for hydroxylation is 1. The summed E-state index contributed by atoms with van der Waals surface area (Å²) in [5.41, 5.74) is 1.90. The zero-order valence-electron chi connectivity index (χ0n) is 24.6. The van der Waals surface area contributed by atoms with Gasteiger partial charge >= 0.3 is 0 Å². The van der Waals surface area contributed by atoms with Gasteiger partial charge in [0, 0.05) is 56.1 Å². The van der Waals surface area contributed by atoms with Crippen molar-refractivity contribution in [3.63, 3.8) is 0 Å². The second-order valence-electron chi connectivity index (χ2n) is 11.8. The van der Waals surface area contributed by atoms with Crippen LogP contribution in [0.3, 0.4) is 0 Å². The molecule has 0 bridgehead atoms. The van der Waals surface area contributed by atoms with Crippen LogP contribution in [0.2, 0.25) is 0 Å². The van der Waals surface area contributed by atoms with Crippen LogP contribution in [0.25, 0.3) is 5.69 Å². The Morgan fingerprint density at radius 1 is 1.14 bits per heavy atom. The third-order valence-electron chi connectivity index (χ3n) is 8.53. The van der Waals surface area contributed by atoms with Crippen LogP contribution >= 0.6 is 0 Å². The largest absolute Gasteiger partial charge is 0.391 e. The predicted molar refractivity (Wildman–Crippen MR) is 156 cm³/mol. The van der Waals surface area contributed by atoms with E-state index in [1.54, 1.807) is 12.3 Å². The van der Waals surface area contributed by atoms with Crippen molar-refractivity contribution in [2.24, 2.45) is 11.8 Å². The van der Waals surface area contributed by atoms with Gasteiger partial charge in [-0.05, 0) is 50.3 Å². The van der Waals surface area contributed by atoms with Crippen molar-refractivity contribution in [1.82, 2.24) is 24.9 Å². The molecular formula is C31H40N6O5. The summed E-state index contributed by atoms with van der Waals surface area (Å²) in [6.07, 6.45) is 5.54. The minimum Gasteiger partial charge on any atom is -0.391 e. The minimum atomic E-state index is -0.797. The summed E-state index contributed by atoms with van der Waals surface area (Å²) >= 11 is 0. The Morgan fingerprint density at radius 2 is 1.86 bits per heavy atom. The van der Waals surface area contributed by atoms with E-state index in [0.717, 1.165) is 36.2 Å². The maximum atomic E-state index is 13.9. The number of hydrogen-bond acceptors (Lipinski definition) is 8. The van der Waals surface area contributed by atoms with Crippen LogP contribution in [-0.2, 0) is 14.4 Å². The molecule has 11 heteroatoms. The summed E-state index contributed by atoms with van der Waals surface area (Å²) in [6.45, 7) is 9.16. The minimum absolute atomic E-state index is 0.0657. The van der Waals surface area contributed by atoms with Crippen molar-refractivity contribution < 1.29 is 24.0 Å². The molecule has 4 atom stereocenters. The Bertz CT molecular complexity index is 1390. The number of aliphatic hydroxyl groups is 1. The zero-order chi connectivity index (χ0) is 30.0. The van der Waals surface area contributed by atoms with E-state index in [4.69, 9.17) is 4.52 Å². The third kappa shape index (κ3) is 6.11. The molecular weight excluding hydrogens is 536 g/mol. The van der Waals surface area contributed by atoms with Crippen LogP contribution in [0.5, 0.6) is 0 Å². The molecule has 0 radical (unpaired) electrons. The number of carbonyl (C=O) groups excluding carboxylic acids is 3. The van der Waals surface area contributed by atoms with Crippen molar-refractivity contribution in [2.75, 3.05) is 24.5 Å². The highest BCUT2D eigenvalue weighted by Crippen LogP contribution is 2.33. The number of β-amino-alcohol motifs (C(OH)–C–C–N with tert-alkyl or cyclic N) is 1. The molecule has 0 spiro atoms. The van der Waals surface area contributed by atoms with Gasteiger partial charge in [-0.1, -0.05) is 31.1 Å². The summed E-state index contributed by atoms with van der Waals surface area (Å²) in [5.74, 6) is 0.673. The fourth-order valence-corrected chi connectivity index (χ4v) is 6.03. The molecule has 0 aliphatic carbocycles. The Kier molecular flexibility index (Phi) is 8.77. The molecule has 2 fully saturated rings. The topological polar surface area (TPSA) is 134 Å². The van der Waals surface area contributed by atoms with Crippen LogP contribution in [0.4, 0.5) is 5.82 Å². The summed E-state index contributed by atoms with van der Waals surface area (Å²) in [7, 11) is 0. The van der Waals surface area contributed by atoms with Crippen molar-refractivity contribution in [3.8, 4) is 5.69 Å². The standard InChI is InChI=1S/C31H40N6O5/c1-19(2)29(27-16-28(34-42-27)35-12-9-22(18-38)10-13-35)31(41)37-17-25(39)15-26(37)30(40)33-20(3)23-5-7-24(8-6-23)36-14-11-32-21(36)4/h5-8,11,14,16,18-20,22,25-26,29,39H,9-10,12-13,15,17H2,1-4H3,(H,33,40)/t20-,25+,26-,29?/m0/s1. The van der Waals surface area contributed by atoms with Crippen LogP contribution < -0.4 is 10.2 Å². The third-order valence-corrected chi connectivity index (χ3v) is 8.53. The fraction of sp³-hybridized carbons (Fsp3) is 0.516. The molecule has 5 rings (SSSR count). The van der Waals surface area contributed by atoms with Gasteiger partial charge in [-0.2, -0.15) is 0 Å². The molecule has 1 aromatic carbocycles. The average molecular weight is 577 g/mol. The van der Waals surface area contributed by atoms with E-state index in [9.17, 15) is 19.5 Å². The van der Waals surface area contributed by atoms with Crippen molar-refractivity contribution in [1.29, 1.82) is 0 Å². The van der Waals surface area contributed by atoms with Gasteiger partial charge < -0.3 is 34.1 Å². The van der Waals surface area contributed by atoms with Crippen molar-refractivity contribution in [2.45, 2.75) is 71.1 Å². The molecule has 42 heavy (non-hydrogen) atoms. The lowest BCUT2D eigenvalue weighted by Gasteiger charge is -2.30. The summed E-state index contributed by atoms with van der Waals surface area (Å²) < 4.78 is 7.67. The number of benzene rings is 1. The number of carbonyl (C=O) groups is 3. The highest BCUT2D eigenvalue weighted by Gasteiger charge is 2.43. The Hall–Kier alpha value is -3.99. The average Bonchev–Trinajstić information content (AvgIpc) is 3.73. The van der Waals surface area contributed by atoms with Gasteiger partial charge in [0.15, 0.2) is 11.6 Å². The van der Waals surface area contributed by atoms with E-state index in [1.807, 2.05) is 62.7 Å². The first-order chi connectivity index (χ1) is 20.2. The number of nitrogens with zero attached hydrogens (tertiary/aromatic N) is 5. The molecule has 224 valence electrons. The highest BCUT2D eigenvalue weighted by molar-refractivity contribution is 5.91.